The van der Waals surface area contributed by atoms with Crippen molar-refractivity contribution in [2.24, 2.45) is 0 Å². The van der Waals surface area contributed by atoms with Crippen LogP contribution in [0, 0.1) is 0 Å². The van der Waals surface area contributed by atoms with Crippen molar-refractivity contribution in [1.82, 2.24) is 0 Å². The second-order valence-corrected chi connectivity index (χ2v) is 7.89. The summed E-state index contributed by atoms with van der Waals surface area (Å²) in [4.78, 5) is 0. The summed E-state index contributed by atoms with van der Waals surface area (Å²) < 4.78 is 19.8. The van der Waals surface area contributed by atoms with Crippen molar-refractivity contribution in [2.75, 3.05) is 6.61 Å². The molecule has 0 unspecified atom stereocenters. The molecule has 0 aromatic heterocycles. The molecule has 1 aliphatic heterocycles. The van der Waals surface area contributed by atoms with Crippen molar-refractivity contribution in [3.63, 3.8) is 0 Å². The Labute approximate surface area is 125 Å². The van der Waals surface area contributed by atoms with Gasteiger partial charge < -0.3 is 9.30 Å². The Balaban J connectivity index is 2.24. The smallest absolute Gasteiger partial charge is 0.170 e. The lowest BCUT2D eigenvalue weighted by Gasteiger charge is -2.21. The van der Waals surface area contributed by atoms with Gasteiger partial charge in [0.25, 0.3) is 0 Å². The average Bonchev–Trinajstić information content (AvgIpc) is 3.05. The summed E-state index contributed by atoms with van der Waals surface area (Å²) in [6.07, 6.45) is 1.54. The Morgan fingerprint density at radius 1 is 0.952 bits per heavy atom. The van der Waals surface area contributed by atoms with E-state index in [1.807, 2.05) is 60.7 Å². The fraction of sp³-hybridized carbons (Fsp3) is 0.222. The molecule has 3 rings (SSSR count). The second-order valence-electron chi connectivity index (χ2n) is 5.10. The Morgan fingerprint density at radius 2 is 1.48 bits per heavy atom. The van der Waals surface area contributed by atoms with E-state index in [9.17, 15) is 4.57 Å². The van der Waals surface area contributed by atoms with E-state index in [2.05, 4.69) is 6.92 Å². The van der Waals surface area contributed by atoms with Crippen LogP contribution in [-0.4, -0.2) is 6.61 Å². The van der Waals surface area contributed by atoms with Gasteiger partial charge in [-0.15, -0.1) is 0 Å². The van der Waals surface area contributed by atoms with E-state index in [1.165, 1.54) is 0 Å². The zero-order valence-electron chi connectivity index (χ0n) is 12.2. The van der Waals surface area contributed by atoms with Crippen molar-refractivity contribution in [1.29, 1.82) is 0 Å². The molecule has 0 amide bonds. The van der Waals surface area contributed by atoms with Crippen LogP contribution in [0.15, 0.2) is 71.7 Å². The summed E-state index contributed by atoms with van der Waals surface area (Å²) in [5, 5.41) is 2.77. The largest absolute Gasteiger partial charge is 0.497 e. The molecule has 0 N–H and O–H groups in total. The Kier molecular flexibility index (Phi) is 3.98. The van der Waals surface area contributed by atoms with E-state index in [0.29, 0.717) is 6.61 Å². The maximum atomic E-state index is 14.1. The average molecular weight is 298 g/mol. The molecule has 2 aromatic rings. The number of allylic oxidation sites excluding steroid dienone is 1. The molecule has 108 valence electrons. The summed E-state index contributed by atoms with van der Waals surface area (Å²) in [5.41, 5.74) is 0. The zero-order valence-corrected chi connectivity index (χ0v) is 13.1. The highest BCUT2D eigenvalue weighted by atomic mass is 31.2. The van der Waals surface area contributed by atoms with E-state index in [-0.39, 0.29) is 0 Å². The molecular formula is C18H19O2P. The molecule has 0 bridgehead atoms. The normalized spacial score (nSPS) is 15.1. The van der Waals surface area contributed by atoms with Gasteiger partial charge in [-0.1, -0.05) is 67.6 Å². The third-order valence-corrected chi connectivity index (χ3v) is 7.16. The predicted molar refractivity (Wildman–Crippen MR) is 87.6 cm³/mol. The number of hydrogen-bond acceptors (Lipinski definition) is 2. The van der Waals surface area contributed by atoms with Crippen molar-refractivity contribution in [3.8, 4) is 0 Å². The van der Waals surface area contributed by atoms with Crippen molar-refractivity contribution in [3.05, 3.63) is 71.7 Å². The Bertz CT molecular complexity index is 646. The molecule has 2 nitrogen and oxygen atoms in total. The minimum Gasteiger partial charge on any atom is -0.497 e. The Hall–Kier alpha value is -1.79. The van der Waals surface area contributed by atoms with Crippen LogP contribution in [0.3, 0.4) is 0 Å². The molecule has 3 heteroatoms. The minimum absolute atomic E-state index is 0.641. The van der Waals surface area contributed by atoms with Crippen molar-refractivity contribution in [2.45, 2.75) is 19.8 Å². The van der Waals surface area contributed by atoms with E-state index in [1.54, 1.807) is 0 Å². The van der Waals surface area contributed by atoms with Crippen LogP contribution in [-0.2, 0) is 9.30 Å². The van der Waals surface area contributed by atoms with Crippen molar-refractivity contribution >= 4 is 17.8 Å². The van der Waals surface area contributed by atoms with Crippen LogP contribution in [0.2, 0.25) is 0 Å². The van der Waals surface area contributed by atoms with Crippen LogP contribution < -0.4 is 10.6 Å². The van der Waals surface area contributed by atoms with Crippen LogP contribution in [0.25, 0.3) is 0 Å². The number of hydrogen-bond donors (Lipinski definition) is 0. The summed E-state index contributed by atoms with van der Waals surface area (Å²) in [7, 11) is -2.79. The molecule has 21 heavy (non-hydrogen) atoms. The van der Waals surface area contributed by atoms with Gasteiger partial charge >= 0.3 is 0 Å². The first kappa shape index (κ1) is 14.2. The van der Waals surface area contributed by atoms with Gasteiger partial charge in [-0.25, -0.2) is 0 Å². The quantitative estimate of drug-likeness (QED) is 0.796. The third-order valence-electron chi connectivity index (χ3n) is 3.88. The van der Waals surface area contributed by atoms with Gasteiger partial charge in [0, 0.05) is 28.8 Å². The summed E-state index contributed by atoms with van der Waals surface area (Å²) in [6, 6.07) is 19.6. The molecule has 0 aliphatic carbocycles. The van der Waals surface area contributed by atoms with E-state index in [4.69, 9.17) is 4.74 Å². The summed E-state index contributed by atoms with van der Waals surface area (Å²) in [5.74, 6) is 0.908. The van der Waals surface area contributed by atoms with Gasteiger partial charge in [0.1, 0.15) is 5.76 Å². The van der Waals surface area contributed by atoms with Gasteiger partial charge in [0.15, 0.2) is 7.14 Å². The molecule has 0 fully saturated rings. The number of ether oxygens (including phenoxy) is 1. The lowest BCUT2D eigenvalue weighted by Crippen LogP contribution is -2.17. The van der Waals surface area contributed by atoms with E-state index in [0.717, 1.165) is 34.5 Å². The van der Waals surface area contributed by atoms with E-state index < -0.39 is 7.14 Å². The van der Waals surface area contributed by atoms with Gasteiger partial charge in [0.2, 0.25) is 0 Å². The number of benzene rings is 2. The van der Waals surface area contributed by atoms with Crippen molar-refractivity contribution < 1.29 is 9.30 Å². The highest BCUT2D eigenvalue weighted by Crippen LogP contribution is 2.56. The maximum absolute atomic E-state index is 14.1. The maximum Gasteiger partial charge on any atom is 0.170 e. The highest BCUT2D eigenvalue weighted by Gasteiger charge is 2.36. The summed E-state index contributed by atoms with van der Waals surface area (Å²) >= 11 is 0. The zero-order chi connectivity index (χ0) is 14.7. The topological polar surface area (TPSA) is 26.3 Å². The molecule has 0 atom stereocenters. The third kappa shape index (κ3) is 2.45. The molecule has 0 saturated carbocycles. The first-order chi connectivity index (χ1) is 10.3. The van der Waals surface area contributed by atoms with Gasteiger partial charge in [0.05, 0.1) is 6.61 Å². The Morgan fingerprint density at radius 3 is 1.95 bits per heavy atom. The SMILES string of the molecule is CCC1=C(P(=O)(c2ccccc2)c2ccccc2)CCO1. The molecule has 0 spiro atoms. The molecule has 2 aromatic carbocycles. The second kappa shape index (κ2) is 5.91. The van der Waals surface area contributed by atoms with Gasteiger partial charge in [-0.3, -0.25) is 0 Å². The molecular weight excluding hydrogens is 279 g/mol. The minimum atomic E-state index is -2.79. The highest BCUT2D eigenvalue weighted by molar-refractivity contribution is 7.82. The van der Waals surface area contributed by atoms with Gasteiger partial charge in [-0.05, 0) is 0 Å². The van der Waals surface area contributed by atoms with Gasteiger partial charge in [-0.2, -0.15) is 0 Å². The molecule has 1 aliphatic rings. The molecule has 0 saturated heterocycles. The molecule has 0 radical (unpaired) electrons. The summed E-state index contributed by atoms with van der Waals surface area (Å²) in [6.45, 7) is 2.70. The fourth-order valence-corrected chi connectivity index (χ4v) is 5.95. The predicted octanol–water partition coefficient (Wildman–Crippen LogP) is 4.04. The molecule has 1 heterocycles. The fourth-order valence-electron chi connectivity index (χ4n) is 2.87. The first-order valence-electron chi connectivity index (χ1n) is 7.33. The lowest BCUT2D eigenvalue weighted by atomic mass is 10.3. The standard InChI is InChI=1S/C18H19O2P/c1-2-17-18(13-14-20-17)21(19,15-9-5-3-6-10-15)16-11-7-4-8-12-16/h3-12H,2,13-14H2,1H3. The monoisotopic (exact) mass is 298 g/mol. The first-order valence-corrected chi connectivity index (χ1v) is 9.04. The van der Waals surface area contributed by atoms with Crippen LogP contribution >= 0.6 is 7.14 Å². The van der Waals surface area contributed by atoms with E-state index >= 15 is 0 Å². The lowest BCUT2D eigenvalue weighted by molar-refractivity contribution is 0.237. The van der Waals surface area contributed by atoms with Crippen LogP contribution in [0.4, 0.5) is 0 Å². The number of rotatable bonds is 4. The van der Waals surface area contributed by atoms with Crippen LogP contribution in [0.5, 0.6) is 0 Å². The van der Waals surface area contributed by atoms with Crippen LogP contribution in [0.1, 0.15) is 19.8 Å².